The smallest absolute Gasteiger partial charge is 0.370 e. The first-order valence-electron chi connectivity index (χ1n) is 12.9. The molecule has 2 bridgehead atoms. The minimum atomic E-state index is -4.81. The lowest BCUT2D eigenvalue weighted by Gasteiger charge is -2.33. The second kappa shape index (κ2) is 10.4. The van der Waals surface area contributed by atoms with E-state index in [9.17, 15) is 22.8 Å². The van der Waals surface area contributed by atoms with Crippen LogP contribution in [0.3, 0.4) is 0 Å². The van der Waals surface area contributed by atoms with Crippen molar-refractivity contribution < 1.29 is 27.5 Å². The first-order chi connectivity index (χ1) is 18.0. The van der Waals surface area contributed by atoms with Gasteiger partial charge < -0.3 is 9.64 Å². The lowest BCUT2D eigenvalue weighted by Crippen LogP contribution is -2.46. The van der Waals surface area contributed by atoms with Gasteiger partial charge in [-0.1, -0.05) is 43.0 Å². The number of hydrogen-bond acceptors (Lipinski definition) is 5. The summed E-state index contributed by atoms with van der Waals surface area (Å²) in [5.74, 6) is -1.26. The highest BCUT2D eigenvalue weighted by Gasteiger charge is 2.49. The molecule has 2 aromatic heterocycles. The Morgan fingerprint density at radius 1 is 1.13 bits per heavy atom. The number of aromatic nitrogens is 3. The summed E-state index contributed by atoms with van der Waals surface area (Å²) in [7, 11) is 0. The Kier molecular flexibility index (Phi) is 7.52. The summed E-state index contributed by atoms with van der Waals surface area (Å²) in [6, 6.07) is -0.450. The van der Waals surface area contributed by atoms with Gasteiger partial charge in [0.2, 0.25) is 0 Å². The molecule has 2 aromatic rings. The zero-order valence-corrected chi connectivity index (χ0v) is 22.5. The molecule has 2 unspecified atom stereocenters. The summed E-state index contributed by atoms with van der Waals surface area (Å²) < 4.78 is 50.4. The number of Topliss-reactive ketones (excluding diaryl/α,β-unsaturated/α-hetero) is 1. The van der Waals surface area contributed by atoms with Gasteiger partial charge in [-0.2, -0.15) is 18.3 Å². The summed E-state index contributed by atoms with van der Waals surface area (Å²) in [6.07, 6.45) is 4.55. The number of amides is 1. The van der Waals surface area contributed by atoms with E-state index in [0.29, 0.717) is 25.7 Å². The van der Waals surface area contributed by atoms with Crippen LogP contribution in [0, 0.1) is 5.92 Å². The normalized spacial score (nSPS) is 27.1. The van der Waals surface area contributed by atoms with E-state index in [-0.39, 0.29) is 34.2 Å². The molecule has 1 amide bonds. The summed E-state index contributed by atoms with van der Waals surface area (Å²) in [5, 5.41) is 4.07. The number of halogens is 5. The zero-order chi connectivity index (χ0) is 27.2. The Labute approximate surface area is 228 Å². The third-order valence-electron chi connectivity index (χ3n) is 8.04. The predicted octanol–water partition coefficient (Wildman–Crippen LogP) is 6.39. The molecule has 0 aromatic carbocycles. The van der Waals surface area contributed by atoms with Gasteiger partial charge in [0.05, 0.1) is 58.2 Å². The van der Waals surface area contributed by atoms with Gasteiger partial charge in [-0.15, -0.1) is 0 Å². The first kappa shape index (κ1) is 27.4. The van der Waals surface area contributed by atoms with Crippen LogP contribution in [-0.4, -0.2) is 56.1 Å². The molecule has 0 radical (unpaired) electrons. The van der Waals surface area contributed by atoms with Crippen molar-refractivity contribution in [1.82, 2.24) is 19.7 Å². The van der Waals surface area contributed by atoms with Crippen LogP contribution in [0.2, 0.25) is 10.0 Å². The number of alkyl halides is 3. The molecule has 38 heavy (non-hydrogen) atoms. The van der Waals surface area contributed by atoms with Crippen molar-refractivity contribution in [3.05, 3.63) is 45.5 Å². The maximum Gasteiger partial charge on any atom is 0.433 e. The van der Waals surface area contributed by atoms with E-state index in [4.69, 9.17) is 27.9 Å². The zero-order valence-electron chi connectivity index (χ0n) is 20.9. The molecule has 12 heteroatoms. The summed E-state index contributed by atoms with van der Waals surface area (Å²) in [4.78, 5) is 32.1. The van der Waals surface area contributed by atoms with Crippen LogP contribution in [-0.2, 0) is 10.9 Å². The van der Waals surface area contributed by atoms with Gasteiger partial charge in [-0.3, -0.25) is 19.3 Å². The third kappa shape index (κ3) is 5.31. The minimum Gasteiger partial charge on any atom is -0.370 e. The van der Waals surface area contributed by atoms with E-state index in [1.54, 1.807) is 0 Å². The van der Waals surface area contributed by atoms with Crippen LogP contribution >= 0.6 is 23.2 Å². The first-order valence-corrected chi connectivity index (χ1v) is 13.7. The number of pyridine rings is 1. The van der Waals surface area contributed by atoms with Gasteiger partial charge >= 0.3 is 6.18 Å². The number of ether oxygens (including phenoxy) is 1. The molecule has 3 aliphatic rings. The highest BCUT2D eigenvalue weighted by atomic mass is 35.5. The number of rotatable bonds is 7. The Morgan fingerprint density at radius 3 is 2.39 bits per heavy atom. The van der Waals surface area contributed by atoms with Crippen molar-refractivity contribution in [3.63, 3.8) is 0 Å². The van der Waals surface area contributed by atoms with Crippen LogP contribution in [0.5, 0.6) is 0 Å². The molecule has 1 aliphatic carbocycles. The number of hydrogen-bond donors (Lipinski definition) is 0. The van der Waals surface area contributed by atoms with E-state index in [1.807, 2.05) is 6.92 Å². The van der Waals surface area contributed by atoms with E-state index >= 15 is 0 Å². The monoisotopic (exact) mass is 572 g/mol. The third-order valence-corrected chi connectivity index (χ3v) is 8.62. The Balaban J connectivity index is 1.50. The molecule has 2 atom stereocenters. The maximum atomic E-state index is 14.4. The highest BCUT2D eigenvalue weighted by Crippen LogP contribution is 2.45. The van der Waals surface area contributed by atoms with Crippen LogP contribution in [0.15, 0.2) is 18.6 Å². The number of nitrogens with zero attached hydrogens (tertiary/aromatic N) is 4. The summed E-state index contributed by atoms with van der Waals surface area (Å²) in [6.45, 7) is 1.48. The lowest BCUT2D eigenvalue weighted by molar-refractivity contribution is -0.145. The largest absolute Gasteiger partial charge is 0.433 e. The molecule has 5 rings (SSSR count). The molecule has 2 aliphatic heterocycles. The van der Waals surface area contributed by atoms with Gasteiger partial charge in [0.15, 0.2) is 11.5 Å². The van der Waals surface area contributed by atoms with E-state index < -0.39 is 47.3 Å². The molecule has 2 saturated heterocycles. The second-order valence-electron chi connectivity index (χ2n) is 10.8. The van der Waals surface area contributed by atoms with E-state index in [2.05, 4.69) is 10.1 Å². The molecule has 0 spiro atoms. The number of carbonyl (C=O) groups is 2. The van der Waals surface area contributed by atoms with E-state index in [1.165, 1.54) is 12.4 Å². The quantitative estimate of drug-likeness (QED) is 0.359. The number of fused-ring (bicyclic) bond motifs is 2. The fourth-order valence-electron chi connectivity index (χ4n) is 6.25. The van der Waals surface area contributed by atoms with Gasteiger partial charge in [-0.05, 0) is 44.4 Å². The van der Waals surface area contributed by atoms with Crippen molar-refractivity contribution in [2.75, 3.05) is 13.1 Å². The minimum absolute atomic E-state index is 0.00123. The van der Waals surface area contributed by atoms with Gasteiger partial charge in [0.1, 0.15) is 0 Å². The standard InChI is InChI=1S/C26H29Cl2F3N4O3/c1-15-3-2-4-16(9-15)35-23(26(29,30)31)18(10-33-35)24(37)34(14-25-7-5-17(38-25)6-8-25)13-21(36)22-19(27)11-32-12-20(22)28/h10-12,15-17H,2-9,13-14H2,1H3. The van der Waals surface area contributed by atoms with Crippen LogP contribution in [0.1, 0.15) is 90.7 Å². The molecule has 206 valence electrons. The fourth-order valence-corrected chi connectivity index (χ4v) is 6.83. The Bertz CT molecular complexity index is 1210. The molecule has 7 nitrogen and oxygen atoms in total. The predicted molar refractivity (Wildman–Crippen MR) is 134 cm³/mol. The van der Waals surface area contributed by atoms with Crippen molar-refractivity contribution in [2.24, 2.45) is 5.92 Å². The molecule has 0 N–H and O–H groups in total. The van der Waals surface area contributed by atoms with E-state index in [0.717, 1.165) is 41.5 Å². The number of ketones is 1. The molecular weight excluding hydrogens is 544 g/mol. The Morgan fingerprint density at radius 2 is 1.82 bits per heavy atom. The second-order valence-corrected chi connectivity index (χ2v) is 11.7. The fraction of sp³-hybridized carbons (Fsp3) is 0.615. The SMILES string of the molecule is CC1CCCC(n2ncc(C(=O)N(CC(=O)c3c(Cl)cncc3Cl)CC34CCC(CC3)O4)c2C(F)(F)F)C1. The Hall–Kier alpha value is -2.17. The van der Waals surface area contributed by atoms with Crippen LogP contribution < -0.4 is 0 Å². The maximum absolute atomic E-state index is 14.4. The summed E-state index contributed by atoms with van der Waals surface area (Å²) >= 11 is 12.3. The lowest BCUT2D eigenvalue weighted by atomic mass is 9.87. The topological polar surface area (TPSA) is 77.3 Å². The average Bonchev–Trinajstić information content (AvgIpc) is 3.57. The highest BCUT2D eigenvalue weighted by molar-refractivity contribution is 6.39. The molecule has 1 saturated carbocycles. The molecule has 4 heterocycles. The number of carbonyl (C=O) groups excluding carboxylic acids is 2. The molecular formula is C26H29Cl2F3N4O3. The average molecular weight is 573 g/mol. The molecule has 3 fully saturated rings. The van der Waals surface area contributed by atoms with Crippen molar-refractivity contribution in [3.8, 4) is 0 Å². The van der Waals surface area contributed by atoms with Gasteiger partial charge in [0, 0.05) is 12.4 Å². The van der Waals surface area contributed by atoms with Crippen molar-refractivity contribution in [1.29, 1.82) is 0 Å². The van der Waals surface area contributed by atoms with Crippen LogP contribution in [0.4, 0.5) is 13.2 Å². The van der Waals surface area contributed by atoms with Gasteiger partial charge in [0.25, 0.3) is 5.91 Å². The van der Waals surface area contributed by atoms with Crippen molar-refractivity contribution >= 4 is 34.9 Å². The van der Waals surface area contributed by atoms with Crippen molar-refractivity contribution in [2.45, 2.75) is 82.2 Å². The summed E-state index contributed by atoms with van der Waals surface area (Å²) in [5.41, 5.74) is -2.37. The van der Waals surface area contributed by atoms with Crippen LogP contribution in [0.25, 0.3) is 0 Å². The van der Waals surface area contributed by atoms with Gasteiger partial charge in [-0.25, -0.2) is 0 Å².